The van der Waals surface area contributed by atoms with Crippen molar-refractivity contribution >= 4 is 45.4 Å². The molecule has 0 spiro atoms. The molecule has 0 saturated carbocycles. The number of nitrogens with zero attached hydrogens (tertiary/aromatic N) is 1. The lowest BCUT2D eigenvalue weighted by Gasteiger charge is -2.11. The molecular formula is C16H11ClN2S. The molecule has 98 valence electrons. The topological polar surface area (TPSA) is 24.9 Å². The average molecular weight is 299 g/mol. The van der Waals surface area contributed by atoms with Crippen LogP contribution in [-0.4, -0.2) is 9.97 Å². The van der Waals surface area contributed by atoms with Crippen LogP contribution in [0.4, 0.5) is 5.69 Å². The molecule has 0 bridgehead atoms. The molecule has 1 heterocycles. The van der Waals surface area contributed by atoms with Crippen LogP contribution in [0.3, 0.4) is 0 Å². The largest absolute Gasteiger partial charge is 0.344 e. The van der Waals surface area contributed by atoms with Crippen LogP contribution in [0, 0.1) is 0 Å². The SMILES string of the molecule is S=C(Nc1cccc2cccnc12)c1ccccc1Cl. The van der Waals surface area contributed by atoms with E-state index in [4.69, 9.17) is 23.8 Å². The Bertz CT molecular complexity index is 781. The lowest BCUT2D eigenvalue weighted by atomic mass is 10.1. The molecule has 20 heavy (non-hydrogen) atoms. The second-order valence-electron chi connectivity index (χ2n) is 4.31. The number of aromatic nitrogens is 1. The summed E-state index contributed by atoms with van der Waals surface area (Å²) in [6.07, 6.45) is 1.77. The van der Waals surface area contributed by atoms with Crippen LogP contribution in [0.25, 0.3) is 10.9 Å². The van der Waals surface area contributed by atoms with Gasteiger partial charge in [0.25, 0.3) is 0 Å². The van der Waals surface area contributed by atoms with E-state index in [9.17, 15) is 0 Å². The molecule has 2 aromatic carbocycles. The monoisotopic (exact) mass is 298 g/mol. The zero-order valence-electron chi connectivity index (χ0n) is 10.5. The highest BCUT2D eigenvalue weighted by molar-refractivity contribution is 7.81. The van der Waals surface area contributed by atoms with Gasteiger partial charge in [-0.15, -0.1) is 0 Å². The minimum absolute atomic E-state index is 0.591. The van der Waals surface area contributed by atoms with Gasteiger partial charge >= 0.3 is 0 Å². The van der Waals surface area contributed by atoms with E-state index in [1.807, 2.05) is 54.6 Å². The number of fused-ring (bicyclic) bond motifs is 1. The van der Waals surface area contributed by atoms with Crippen molar-refractivity contribution in [3.05, 3.63) is 71.4 Å². The maximum Gasteiger partial charge on any atom is 0.112 e. The van der Waals surface area contributed by atoms with Gasteiger partial charge in [-0.2, -0.15) is 0 Å². The average Bonchev–Trinajstić information content (AvgIpc) is 2.48. The Kier molecular flexibility index (Phi) is 3.63. The summed E-state index contributed by atoms with van der Waals surface area (Å²) < 4.78 is 0. The van der Waals surface area contributed by atoms with E-state index >= 15 is 0 Å². The Morgan fingerprint density at radius 1 is 1.00 bits per heavy atom. The minimum Gasteiger partial charge on any atom is -0.344 e. The fourth-order valence-electron chi connectivity index (χ4n) is 2.04. The van der Waals surface area contributed by atoms with Gasteiger partial charge in [-0.05, 0) is 18.2 Å². The third-order valence-electron chi connectivity index (χ3n) is 3.00. The van der Waals surface area contributed by atoms with Gasteiger partial charge in [0.1, 0.15) is 4.99 Å². The van der Waals surface area contributed by atoms with Crippen LogP contribution < -0.4 is 5.32 Å². The van der Waals surface area contributed by atoms with Crippen molar-refractivity contribution in [3.63, 3.8) is 0 Å². The molecule has 0 fully saturated rings. The Labute approximate surface area is 127 Å². The number of benzene rings is 2. The molecule has 2 nitrogen and oxygen atoms in total. The van der Waals surface area contributed by atoms with E-state index in [0.717, 1.165) is 22.2 Å². The zero-order chi connectivity index (χ0) is 13.9. The number of nitrogens with one attached hydrogen (secondary N) is 1. The van der Waals surface area contributed by atoms with Gasteiger partial charge in [0.15, 0.2) is 0 Å². The van der Waals surface area contributed by atoms with Crippen LogP contribution in [0.5, 0.6) is 0 Å². The van der Waals surface area contributed by atoms with Crippen LogP contribution >= 0.6 is 23.8 Å². The molecule has 0 amide bonds. The summed E-state index contributed by atoms with van der Waals surface area (Å²) in [5.41, 5.74) is 2.59. The fraction of sp³-hybridized carbons (Fsp3) is 0. The Morgan fingerprint density at radius 3 is 2.65 bits per heavy atom. The van der Waals surface area contributed by atoms with Crippen molar-refractivity contribution in [3.8, 4) is 0 Å². The first kappa shape index (κ1) is 13.0. The molecule has 0 aliphatic rings. The molecule has 0 aliphatic carbocycles. The van der Waals surface area contributed by atoms with Crippen molar-refractivity contribution in [1.29, 1.82) is 0 Å². The predicted octanol–water partition coefficient (Wildman–Crippen LogP) is 4.68. The first-order valence-electron chi connectivity index (χ1n) is 6.15. The first-order chi connectivity index (χ1) is 9.75. The molecule has 0 radical (unpaired) electrons. The van der Waals surface area contributed by atoms with E-state index < -0.39 is 0 Å². The molecule has 0 unspecified atom stereocenters. The molecule has 1 N–H and O–H groups in total. The molecular weight excluding hydrogens is 288 g/mol. The zero-order valence-corrected chi connectivity index (χ0v) is 12.1. The van der Waals surface area contributed by atoms with Gasteiger partial charge in [0, 0.05) is 17.1 Å². The Morgan fingerprint density at radius 2 is 1.80 bits per heavy atom. The van der Waals surface area contributed by atoms with Crippen LogP contribution in [0.15, 0.2) is 60.8 Å². The normalized spacial score (nSPS) is 10.4. The van der Waals surface area contributed by atoms with Gasteiger partial charge < -0.3 is 5.32 Å². The number of hydrogen-bond acceptors (Lipinski definition) is 2. The highest BCUT2D eigenvalue weighted by Crippen LogP contribution is 2.23. The Balaban J connectivity index is 1.98. The number of hydrogen-bond donors (Lipinski definition) is 1. The second-order valence-corrected chi connectivity index (χ2v) is 5.13. The number of halogens is 1. The van der Waals surface area contributed by atoms with Crippen LogP contribution in [-0.2, 0) is 0 Å². The third kappa shape index (κ3) is 2.50. The summed E-state index contributed by atoms with van der Waals surface area (Å²) in [7, 11) is 0. The Hall–Kier alpha value is -1.97. The van der Waals surface area contributed by atoms with Crippen LogP contribution in [0.2, 0.25) is 5.02 Å². The van der Waals surface area contributed by atoms with Crippen LogP contribution in [0.1, 0.15) is 5.56 Å². The quantitative estimate of drug-likeness (QED) is 0.696. The van der Waals surface area contributed by atoms with E-state index in [2.05, 4.69) is 10.3 Å². The maximum absolute atomic E-state index is 6.16. The molecule has 3 rings (SSSR count). The summed E-state index contributed by atoms with van der Waals surface area (Å²) in [4.78, 5) is 4.99. The lowest BCUT2D eigenvalue weighted by molar-refractivity contribution is 1.41. The number of rotatable bonds is 2. The number of para-hydroxylation sites is 1. The van der Waals surface area contributed by atoms with E-state index in [-0.39, 0.29) is 0 Å². The van der Waals surface area contributed by atoms with E-state index in [1.54, 1.807) is 6.20 Å². The smallest absolute Gasteiger partial charge is 0.112 e. The summed E-state index contributed by atoms with van der Waals surface area (Å²) in [6, 6.07) is 17.4. The lowest BCUT2D eigenvalue weighted by Crippen LogP contribution is -2.11. The molecule has 1 aromatic heterocycles. The summed E-state index contributed by atoms with van der Waals surface area (Å²) in [6.45, 7) is 0. The van der Waals surface area contributed by atoms with Crippen molar-refractivity contribution in [2.75, 3.05) is 5.32 Å². The molecule has 0 aliphatic heterocycles. The van der Waals surface area contributed by atoms with Crippen molar-refractivity contribution < 1.29 is 0 Å². The highest BCUT2D eigenvalue weighted by atomic mass is 35.5. The first-order valence-corrected chi connectivity index (χ1v) is 6.94. The standard InChI is InChI=1S/C16H11ClN2S/c17-13-8-2-1-7-12(13)16(20)19-14-9-3-5-11-6-4-10-18-15(11)14/h1-10H,(H,19,20). The van der Waals surface area contributed by atoms with Gasteiger partial charge in [0.05, 0.1) is 16.2 Å². The molecule has 4 heteroatoms. The molecule has 3 aromatic rings. The second kappa shape index (κ2) is 5.57. The molecule has 0 atom stereocenters. The van der Waals surface area contributed by atoms with Gasteiger partial charge in [-0.1, -0.05) is 60.2 Å². The predicted molar refractivity (Wildman–Crippen MR) is 88.5 cm³/mol. The number of thiocarbonyl (C=S) groups is 1. The highest BCUT2D eigenvalue weighted by Gasteiger charge is 2.08. The molecule has 0 saturated heterocycles. The van der Waals surface area contributed by atoms with E-state index in [0.29, 0.717) is 10.0 Å². The van der Waals surface area contributed by atoms with Gasteiger partial charge in [-0.25, -0.2) is 0 Å². The third-order valence-corrected chi connectivity index (χ3v) is 3.65. The number of pyridine rings is 1. The minimum atomic E-state index is 0.591. The fourth-order valence-corrected chi connectivity index (χ4v) is 2.61. The van der Waals surface area contributed by atoms with Crippen molar-refractivity contribution in [2.45, 2.75) is 0 Å². The van der Waals surface area contributed by atoms with Gasteiger partial charge in [0.2, 0.25) is 0 Å². The summed E-state index contributed by atoms with van der Waals surface area (Å²) in [5.74, 6) is 0. The maximum atomic E-state index is 6.16. The summed E-state index contributed by atoms with van der Waals surface area (Å²) >= 11 is 11.6. The van der Waals surface area contributed by atoms with Crippen molar-refractivity contribution in [1.82, 2.24) is 4.98 Å². The summed E-state index contributed by atoms with van der Waals surface area (Å²) in [5, 5.41) is 4.93. The van der Waals surface area contributed by atoms with Gasteiger partial charge in [-0.3, -0.25) is 4.98 Å². The number of anilines is 1. The van der Waals surface area contributed by atoms with Crippen molar-refractivity contribution in [2.24, 2.45) is 0 Å². The van der Waals surface area contributed by atoms with E-state index in [1.165, 1.54) is 0 Å².